The SMILES string of the molecule is CN1CCC(c2coc(CCN)n2)C1. The molecule has 1 aliphatic heterocycles. The molecule has 14 heavy (non-hydrogen) atoms. The van der Waals surface area contributed by atoms with E-state index < -0.39 is 0 Å². The van der Waals surface area contributed by atoms with Crippen LogP contribution in [0.3, 0.4) is 0 Å². The first-order valence-electron chi connectivity index (χ1n) is 5.12. The molecule has 0 bridgehead atoms. The van der Waals surface area contributed by atoms with Gasteiger partial charge >= 0.3 is 0 Å². The van der Waals surface area contributed by atoms with Crippen molar-refractivity contribution in [3.63, 3.8) is 0 Å². The zero-order valence-electron chi connectivity index (χ0n) is 8.57. The Hall–Kier alpha value is -0.870. The van der Waals surface area contributed by atoms with Crippen LogP contribution < -0.4 is 5.73 Å². The number of hydrogen-bond acceptors (Lipinski definition) is 4. The molecule has 1 fully saturated rings. The fraction of sp³-hybridized carbons (Fsp3) is 0.700. The maximum atomic E-state index is 5.44. The molecule has 0 amide bonds. The summed E-state index contributed by atoms with van der Waals surface area (Å²) in [5.74, 6) is 1.33. The van der Waals surface area contributed by atoms with E-state index >= 15 is 0 Å². The van der Waals surface area contributed by atoms with E-state index in [-0.39, 0.29) is 0 Å². The number of nitrogens with zero attached hydrogens (tertiary/aromatic N) is 2. The molecule has 1 unspecified atom stereocenters. The van der Waals surface area contributed by atoms with Crippen LogP contribution in [-0.4, -0.2) is 36.6 Å². The summed E-state index contributed by atoms with van der Waals surface area (Å²) < 4.78 is 5.34. The number of hydrogen-bond donors (Lipinski definition) is 1. The van der Waals surface area contributed by atoms with Crippen molar-refractivity contribution in [1.29, 1.82) is 0 Å². The lowest BCUT2D eigenvalue weighted by molar-refractivity contribution is 0.410. The van der Waals surface area contributed by atoms with Crippen molar-refractivity contribution in [2.75, 3.05) is 26.7 Å². The molecule has 2 heterocycles. The van der Waals surface area contributed by atoms with E-state index in [2.05, 4.69) is 16.9 Å². The molecule has 78 valence electrons. The summed E-state index contributed by atoms with van der Waals surface area (Å²) in [7, 11) is 2.14. The average molecular weight is 195 g/mol. The molecular formula is C10H17N3O. The molecule has 0 aliphatic carbocycles. The van der Waals surface area contributed by atoms with Gasteiger partial charge in [-0.1, -0.05) is 0 Å². The molecular weight excluding hydrogens is 178 g/mol. The van der Waals surface area contributed by atoms with Crippen molar-refractivity contribution in [1.82, 2.24) is 9.88 Å². The van der Waals surface area contributed by atoms with Crippen LogP contribution in [0.5, 0.6) is 0 Å². The van der Waals surface area contributed by atoms with Crippen molar-refractivity contribution >= 4 is 0 Å². The molecule has 4 nitrogen and oxygen atoms in total. The molecule has 1 aliphatic rings. The monoisotopic (exact) mass is 195 g/mol. The maximum Gasteiger partial charge on any atom is 0.195 e. The quantitative estimate of drug-likeness (QED) is 0.767. The van der Waals surface area contributed by atoms with Gasteiger partial charge in [0.25, 0.3) is 0 Å². The van der Waals surface area contributed by atoms with Crippen LogP contribution in [0.4, 0.5) is 0 Å². The van der Waals surface area contributed by atoms with E-state index in [0.717, 1.165) is 31.1 Å². The van der Waals surface area contributed by atoms with E-state index in [9.17, 15) is 0 Å². The first-order valence-corrected chi connectivity index (χ1v) is 5.12. The standard InChI is InChI=1S/C10H17N3O/c1-13-5-3-8(6-13)9-7-14-10(12-9)2-4-11/h7-8H,2-6,11H2,1H3. The fourth-order valence-electron chi connectivity index (χ4n) is 1.93. The molecule has 0 saturated carbocycles. The summed E-state index contributed by atoms with van der Waals surface area (Å²) >= 11 is 0. The Balaban J connectivity index is 2.02. The normalized spacial score (nSPS) is 23.1. The molecule has 1 atom stereocenters. The molecule has 1 aromatic rings. The lowest BCUT2D eigenvalue weighted by Gasteiger charge is -2.06. The zero-order valence-corrected chi connectivity index (χ0v) is 8.57. The van der Waals surface area contributed by atoms with Gasteiger partial charge < -0.3 is 15.1 Å². The highest BCUT2D eigenvalue weighted by Crippen LogP contribution is 2.25. The Bertz CT molecular complexity index is 297. The highest BCUT2D eigenvalue weighted by atomic mass is 16.3. The van der Waals surface area contributed by atoms with E-state index in [1.54, 1.807) is 6.26 Å². The first-order chi connectivity index (χ1) is 6.79. The van der Waals surface area contributed by atoms with E-state index in [1.165, 1.54) is 6.42 Å². The molecule has 1 aromatic heterocycles. The third-order valence-electron chi connectivity index (χ3n) is 2.74. The maximum absolute atomic E-state index is 5.44. The molecule has 0 spiro atoms. The molecule has 2 rings (SSSR count). The van der Waals surface area contributed by atoms with Gasteiger partial charge in [0.05, 0.1) is 5.69 Å². The topological polar surface area (TPSA) is 55.3 Å². The highest BCUT2D eigenvalue weighted by Gasteiger charge is 2.23. The Morgan fingerprint density at radius 2 is 2.57 bits per heavy atom. The van der Waals surface area contributed by atoms with Gasteiger partial charge in [0.2, 0.25) is 0 Å². The van der Waals surface area contributed by atoms with Gasteiger partial charge in [-0.3, -0.25) is 0 Å². The highest BCUT2D eigenvalue weighted by molar-refractivity contribution is 5.07. The Kier molecular flexibility index (Phi) is 2.84. The minimum atomic E-state index is 0.551. The Morgan fingerprint density at radius 1 is 1.71 bits per heavy atom. The predicted octanol–water partition coefficient (Wildman–Crippen LogP) is 0.595. The molecule has 2 N–H and O–H groups in total. The fourth-order valence-corrected chi connectivity index (χ4v) is 1.93. The summed E-state index contributed by atoms with van der Waals surface area (Å²) in [5.41, 5.74) is 6.53. The summed E-state index contributed by atoms with van der Waals surface area (Å²) in [6.45, 7) is 2.85. The van der Waals surface area contributed by atoms with Crippen LogP contribution in [-0.2, 0) is 6.42 Å². The van der Waals surface area contributed by atoms with E-state index in [1.807, 2.05) is 0 Å². The van der Waals surface area contributed by atoms with Gasteiger partial charge in [-0.15, -0.1) is 0 Å². The van der Waals surface area contributed by atoms with Crippen LogP contribution in [0, 0.1) is 0 Å². The van der Waals surface area contributed by atoms with Crippen molar-refractivity contribution < 1.29 is 4.42 Å². The molecule has 1 saturated heterocycles. The van der Waals surface area contributed by atoms with Crippen LogP contribution in [0.25, 0.3) is 0 Å². The van der Waals surface area contributed by atoms with E-state index in [0.29, 0.717) is 12.5 Å². The number of aromatic nitrogens is 1. The van der Waals surface area contributed by atoms with Gasteiger partial charge in [-0.25, -0.2) is 4.98 Å². The van der Waals surface area contributed by atoms with Gasteiger partial charge in [-0.2, -0.15) is 0 Å². The summed E-state index contributed by atoms with van der Waals surface area (Å²) in [4.78, 5) is 6.76. The van der Waals surface area contributed by atoms with Crippen molar-refractivity contribution in [3.8, 4) is 0 Å². The average Bonchev–Trinajstić information content (AvgIpc) is 2.74. The van der Waals surface area contributed by atoms with Crippen molar-refractivity contribution in [2.24, 2.45) is 5.73 Å². The number of likely N-dealkylation sites (N-methyl/N-ethyl adjacent to an activating group) is 1. The Labute approximate surface area is 84.1 Å². The second kappa shape index (κ2) is 4.11. The van der Waals surface area contributed by atoms with Crippen molar-refractivity contribution in [3.05, 3.63) is 17.8 Å². The lowest BCUT2D eigenvalue weighted by atomic mass is 10.1. The summed E-state index contributed by atoms with van der Waals surface area (Å²) in [6.07, 6.45) is 3.71. The molecule has 0 radical (unpaired) electrons. The third-order valence-corrected chi connectivity index (χ3v) is 2.74. The van der Waals surface area contributed by atoms with Gasteiger partial charge in [-0.05, 0) is 20.0 Å². The van der Waals surface area contributed by atoms with Crippen LogP contribution in [0.15, 0.2) is 10.7 Å². The molecule has 0 aromatic carbocycles. The molecule has 4 heteroatoms. The van der Waals surface area contributed by atoms with E-state index in [4.69, 9.17) is 10.2 Å². The first kappa shape index (κ1) is 9.68. The zero-order chi connectivity index (χ0) is 9.97. The second-order valence-corrected chi connectivity index (χ2v) is 3.95. The summed E-state index contributed by atoms with van der Waals surface area (Å²) in [6, 6.07) is 0. The van der Waals surface area contributed by atoms with Crippen LogP contribution in [0.2, 0.25) is 0 Å². The van der Waals surface area contributed by atoms with Crippen molar-refractivity contribution in [2.45, 2.75) is 18.8 Å². The number of rotatable bonds is 3. The largest absolute Gasteiger partial charge is 0.449 e. The van der Waals surface area contributed by atoms with Crippen LogP contribution >= 0.6 is 0 Å². The number of likely N-dealkylation sites (tertiary alicyclic amines) is 1. The minimum Gasteiger partial charge on any atom is -0.449 e. The predicted molar refractivity (Wildman–Crippen MR) is 54.1 cm³/mol. The second-order valence-electron chi connectivity index (χ2n) is 3.95. The smallest absolute Gasteiger partial charge is 0.195 e. The van der Waals surface area contributed by atoms with Crippen LogP contribution in [0.1, 0.15) is 23.9 Å². The van der Waals surface area contributed by atoms with Gasteiger partial charge in [0.15, 0.2) is 5.89 Å². The lowest BCUT2D eigenvalue weighted by Crippen LogP contribution is -2.13. The van der Waals surface area contributed by atoms with Gasteiger partial charge in [0, 0.05) is 25.4 Å². The Morgan fingerprint density at radius 3 is 3.21 bits per heavy atom. The third kappa shape index (κ3) is 1.96. The summed E-state index contributed by atoms with van der Waals surface area (Å²) in [5, 5.41) is 0. The number of oxazole rings is 1. The minimum absolute atomic E-state index is 0.551. The number of nitrogens with two attached hydrogens (primary N) is 1. The van der Waals surface area contributed by atoms with Gasteiger partial charge in [0.1, 0.15) is 6.26 Å².